The molecule has 0 bridgehead atoms. The summed E-state index contributed by atoms with van der Waals surface area (Å²) in [5, 5.41) is 2.35. The molecule has 0 spiro atoms. The average Bonchev–Trinajstić information content (AvgIpc) is 2.97. The van der Waals surface area contributed by atoms with E-state index in [1.165, 1.54) is 10.9 Å². The van der Waals surface area contributed by atoms with Crippen molar-refractivity contribution in [2.45, 2.75) is 31.4 Å². The Labute approximate surface area is 112 Å². The Kier molecular flexibility index (Phi) is 3.73. The molecule has 4 heteroatoms. The molecule has 0 saturated carbocycles. The van der Waals surface area contributed by atoms with Gasteiger partial charge in [0.2, 0.25) is 0 Å². The molecule has 3 N–H and O–H groups in total. The summed E-state index contributed by atoms with van der Waals surface area (Å²) in [6.45, 7) is 0.874. The van der Waals surface area contributed by atoms with E-state index < -0.39 is 0 Å². The number of nitrogens with one attached hydrogen (secondary N) is 1. The van der Waals surface area contributed by atoms with Crippen LogP contribution in [-0.4, -0.2) is 17.7 Å². The Morgan fingerprint density at radius 3 is 3.16 bits per heavy atom. The van der Waals surface area contributed by atoms with Crippen molar-refractivity contribution in [2.75, 3.05) is 6.61 Å². The van der Waals surface area contributed by atoms with Gasteiger partial charge in [-0.3, -0.25) is 16.3 Å². The van der Waals surface area contributed by atoms with E-state index in [4.69, 9.17) is 10.6 Å². The van der Waals surface area contributed by atoms with Crippen LogP contribution in [0.1, 0.15) is 30.9 Å². The molecule has 1 saturated heterocycles. The van der Waals surface area contributed by atoms with E-state index >= 15 is 0 Å². The van der Waals surface area contributed by atoms with Crippen molar-refractivity contribution in [3.05, 3.63) is 42.2 Å². The van der Waals surface area contributed by atoms with Gasteiger partial charge in [0.1, 0.15) is 0 Å². The molecule has 3 rings (SSSR count). The third-order valence-electron chi connectivity index (χ3n) is 3.82. The van der Waals surface area contributed by atoms with E-state index in [0.717, 1.165) is 31.3 Å². The van der Waals surface area contributed by atoms with Crippen molar-refractivity contribution in [1.29, 1.82) is 0 Å². The number of rotatable bonds is 4. The summed E-state index contributed by atoms with van der Waals surface area (Å²) in [6, 6.07) is 8.41. The highest BCUT2D eigenvalue weighted by atomic mass is 16.5. The van der Waals surface area contributed by atoms with Gasteiger partial charge in [-0.05, 0) is 36.3 Å². The Bertz CT molecular complexity index is 547. The Hall–Kier alpha value is -1.49. The molecular formula is C15H19N3O. The van der Waals surface area contributed by atoms with Gasteiger partial charge >= 0.3 is 0 Å². The van der Waals surface area contributed by atoms with Crippen molar-refractivity contribution in [1.82, 2.24) is 10.4 Å². The number of aromatic nitrogens is 1. The summed E-state index contributed by atoms with van der Waals surface area (Å²) in [6.07, 6.45) is 7.22. The lowest BCUT2D eigenvalue weighted by Gasteiger charge is -2.21. The molecular weight excluding hydrogens is 238 g/mol. The topological polar surface area (TPSA) is 60.2 Å². The molecule has 1 aromatic carbocycles. The Morgan fingerprint density at radius 1 is 1.42 bits per heavy atom. The average molecular weight is 257 g/mol. The highest BCUT2D eigenvalue weighted by molar-refractivity contribution is 5.85. The molecule has 4 nitrogen and oxygen atoms in total. The minimum absolute atomic E-state index is 0.107. The standard InChI is InChI=1S/C15H19N3O/c16-18-15(9-12-4-2-8-19-12)13-5-1-3-11-6-7-17-10-14(11)13/h1,3,5-7,10,12,15,18H,2,4,8-9,16H2. The lowest BCUT2D eigenvalue weighted by Crippen LogP contribution is -2.31. The Morgan fingerprint density at radius 2 is 2.37 bits per heavy atom. The van der Waals surface area contributed by atoms with Gasteiger partial charge in [-0.15, -0.1) is 0 Å². The summed E-state index contributed by atoms with van der Waals surface area (Å²) < 4.78 is 5.71. The zero-order chi connectivity index (χ0) is 13.1. The van der Waals surface area contributed by atoms with E-state index in [1.807, 2.05) is 18.5 Å². The van der Waals surface area contributed by atoms with Gasteiger partial charge in [0.05, 0.1) is 6.10 Å². The largest absolute Gasteiger partial charge is 0.378 e. The predicted octanol–water partition coefficient (Wildman–Crippen LogP) is 2.31. The summed E-state index contributed by atoms with van der Waals surface area (Å²) >= 11 is 0. The fraction of sp³-hybridized carbons (Fsp3) is 0.400. The summed E-state index contributed by atoms with van der Waals surface area (Å²) in [5.41, 5.74) is 4.13. The van der Waals surface area contributed by atoms with Crippen molar-refractivity contribution >= 4 is 10.8 Å². The van der Waals surface area contributed by atoms with Gasteiger partial charge in [0.15, 0.2) is 0 Å². The molecule has 0 amide bonds. The molecule has 2 unspecified atom stereocenters. The van der Waals surface area contributed by atoms with Crippen LogP contribution in [0, 0.1) is 0 Å². The van der Waals surface area contributed by atoms with Gasteiger partial charge in [-0.25, -0.2) is 0 Å². The maximum absolute atomic E-state index is 5.75. The number of hydrazine groups is 1. The highest BCUT2D eigenvalue weighted by Crippen LogP contribution is 2.29. The first-order valence-corrected chi connectivity index (χ1v) is 6.79. The van der Waals surface area contributed by atoms with Crippen molar-refractivity contribution in [3.63, 3.8) is 0 Å². The third kappa shape index (κ3) is 2.61. The number of benzene rings is 1. The van der Waals surface area contributed by atoms with Gasteiger partial charge in [-0.1, -0.05) is 18.2 Å². The van der Waals surface area contributed by atoms with E-state index in [0.29, 0.717) is 6.10 Å². The van der Waals surface area contributed by atoms with Crippen LogP contribution in [-0.2, 0) is 4.74 Å². The van der Waals surface area contributed by atoms with Crippen LogP contribution in [0.15, 0.2) is 36.7 Å². The van der Waals surface area contributed by atoms with Gasteiger partial charge in [0.25, 0.3) is 0 Å². The molecule has 1 fully saturated rings. The predicted molar refractivity (Wildman–Crippen MR) is 75.4 cm³/mol. The number of hydrogen-bond acceptors (Lipinski definition) is 4. The van der Waals surface area contributed by atoms with Crippen molar-refractivity contribution < 1.29 is 4.74 Å². The molecule has 2 aromatic rings. The first-order valence-electron chi connectivity index (χ1n) is 6.79. The van der Waals surface area contributed by atoms with Crippen LogP contribution >= 0.6 is 0 Å². The lowest BCUT2D eigenvalue weighted by molar-refractivity contribution is 0.0947. The first kappa shape index (κ1) is 12.5. The number of fused-ring (bicyclic) bond motifs is 1. The zero-order valence-electron chi connectivity index (χ0n) is 10.9. The van der Waals surface area contributed by atoms with Crippen LogP contribution < -0.4 is 11.3 Å². The van der Waals surface area contributed by atoms with Gasteiger partial charge in [-0.2, -0.15) is 0 Å². The van der Waals surface area contributed by atoms with Crippen LogP contribution in [0.5, 0.6) is 0 Å². The molecule has 100 valence electrons. The second-order valence-corrected chi connectivity index (χ2v) is 5.03. The number of pyridine rings is 1. The summed E-state index contributed by atoms with van der Waals surface area (Å²) in [5.74, 6) is 5.75. The van der Waals surface area contributed by atoms with Gasteiger partial charge in [0, 0.05) is 30.4 Å². The van der Waals surface area contributed by atoms with E-state index in [-0.39, 0.29) is 6.04 Å². The third-order valence-corrected chi connectivity index (χ3v) is 3.82. The molecule has 1 aliphatic heterocycles. The summed E-state index contributed by atoms with van der Waals surface area (Å²) in [4.78, 5) is 4.22. The second kappa shape index (κ2) is 5.65. The van der Waals surface area contributed by atoms with E-state index in [1.54, 1.807) is 0 Å². The SMILES string of the molecule is NNC(CC1CCCO1)c1cccc2ccncc12. The Balaban J connectivity index is 1.91. The molecule has 19 heavy (non-hydrogen) atoms. The first-order chi connectivity index (χ1) is 9.38. The van der Waals surface area contributed by atoms with E-state index in [2.05, 4.69) is 28.6 Å². The minimum Gasteiger partial charge on any atom is -0.378 e. The fourth-order valence-electron chi connectivity index (χ4n) is 2.82. The smallest absolute Gasteiger partial charge is 0.0594 e. The normalized spacial score (nSPS) is 20.8. The number of nitrogens with zero attached hydrogens (tertiary/aromatic N) is 1. The van der Waals surface area contributed by atoms with Crippen LogP contribution in [0.3, 0.4) is 0 Å². The van der Waals surface area contributed by atoms with Crippen LogP contribution in [0.25, 0.3) is 10.8 Å². The van der Waals surface area contributed by atoms with Gasteiger partial charge < -0.3 is 4.74 Å². The summed E-state index contributed by atoms with van der Waals surface area (Å²) in [7, 11) is 0. The van der Waals surface area contributed by atoms with E-state index in [9.17, 15) is 0 Å². The number of hydrogen-bond donors (Lipinski definition) is 2. The van der Waals surface area contributed by atoms with Crippen molar-refractivity contribution in [2.24, 2.45) is 5.84 Å². The monoisotopic (exact) mass is 257 g/mol. The second-order valence-electron chi connectivity index (χ2n) is 5.03. The number of ether oxygens (including phenoxy) is 1. The molecule has 0 aliphatic carbocycles. The molecule has 0 radical (unpaired) electrons. The maximum atomic E-state index is 5.75. The molecule has 2 heterocycles. The highest BCUT2D eigenvalue weighted by Gasteiger charge is 2.22. The molecule has 2 atom stereocenters. The zero-order valence-corrected chi connectivity index (χ0v) is 10.9. The fourth-order valence-corrected chi connectivity index (χ4v) is 2.82. The van der Waals surface area contributed by atoms with Crippen molar-refractivity contribution in [3.8, 4) is 0 Å². The minimum atomic E-state index is 0.107. The maximum Gasteiger partial charge on any atom is 0.0594 e. The van der Waals surface area contributed by atoms with Crippen LogP contribution in [0.2, 0.25) is 0 Å². The lowest BCUT2D eigenvalue weighted by atomic mass is 9.96. The van der Waals surface area contributed by atoms with Crippen LogP contribution in [0.4, 0.5) is 0 Å². The number of nitrogens with two attached hydrogens (primary N) is 1. The molecule has 1 aromatic heterocycles. The quantitative estimate of drug-likeness (QED) is 0.652. The molecule has 1 aliphatic rings.